The molecule has 116 valence electrons. The molecule has 23 heavy (non-hydrogen) atoms. The standard InChI is InChI=1S/C16H14ClN5O/c1-10-12(17)8-5-9-13(10)22-14(11-6-3-2-4-7-11)19-16(21-22)20-15(18)23/h2-9H,1H3,(H3,18,20,21,23). The summed E-state index contributed by atoms with van der Waals surface area (Å²) in [6.07, 6.45) is 0. The lowest BCUT2D eigenvalue weighted by atomic mass is 10.2. The molecule has 3 rings (SSSR count). The Hall–Kier alpha value is -2.86. The molecule has 3 aromatic rings. The van der Waals surface area contributed by atoms with E-state index in [1.54, 1.807) is 4.68 Å². The molecule has 6 nitrogen and oxygen atoms in total. The van der Waals surface area contributed by atoms with Crippen molar-refractivity contribution in [1.82, 2.24) is 14.8 Å². The molecule has 3 N–H and O–H groups in total. The van der Waals surface area contributed by atoms with E-state index < -0.39 is 6.03 Å². The van der Waals surface area contributed by atoms with Crippen LogP contribution < -0.4 is 11.1 Å². The summed E-state index contributed by atoms with van der Waals surface area (Å²) in [6, 6.07) is 14.4. The number of rotatable bonds is 3. The first-order chi connectivity index (χ1) is 11.1. The number of carbonyl (C=O) groups excluding carboxylic acids is 1. The Balaban J connectivity index is 2.20. The van der Waals surface area contributed by atoms with E-state index in [0.29, 0.717) is 10.8 Å². The number of anilines is 1. The summed E-state index contributed by atoms with van der Waals surface area (Å²) >= 11 is 6.20. The van der Waals surface area contributed by atoms with Gasteiger partial charge in [-0.25, -0.2) is 9.48 Å². The molecule has 0 atom stereocenters. The van der Waals surface area contributed by atoms with Crippen LogP contribution >= 0.6 is 11.6 Å². The van der Waals surface area contributed by atoms with E-state index >= 15 is 0 Å². The van der Waals surface area contributed by atoms with Gasteiger partial charge in [-0.3, -0.25) is 5.32 Å². The van der Waals surface area contributed by atoms with Gasteiger partial charge in [0.1, 0.15) is 0 Å². The molecule has 0 aliphatic carbocycles. The largest absolute Gasteiger partial charge is 0.351 e. The monoisotopic (exact) mass is 327 g/mol. The average molecular weight is 328 g/mol. The minimum Gasteiger partial charge on any atom is -0.351 e. The summed E-state index contributed by atoms with van der Waals surface area (Å²) < 4.78 is 1.64. The van der Waals surface area contributed by atoms with E-state index in [1.165, 1.54) is 0 Å². The molecule has 0 saturated heterocycles. The third-order valence-electron chi connectivity index (χ3n) is 3.34. The van der Waals surface area contributed by atoms with Crippen molar-refractivity contribution in [2.75, 3.05) is 5.32 Å². The summed E-state index contributed by atoms with van der Waals surface area (Å²) in [5.41, 5.74) is 7.65. The maximum atomic E-state index is 11.1. The van der Waals surface area contributed by atoms with Gasteiger partial charge in [-0.05, 0) is 24.6 Å². The van der Waals surface area contributed by atoms with E-state index in [4.69, 9.17) is 17.3 Å². The second-order valence-corrected chi connectivity index (χ2v) is 5.32. The number of hydrogen-bond donors (Lipinski definition) is 2. The Morgan fingerprint density at radius 1 is 1.17 bits per heavy atom. The minimum absolute atomic E-state index is 0.135. The van der Waals surface area contributed by atoms with Crippen LogP contribution in [0.15, 0.2) is 48.5 Å². The lowest BCUT2D eigenvalue weighted by Gasteiger charge is -2.09. The summed E-state index contributed by atoms with van der Waals surface area (Å²) in [6.45, 7) is 1.90. The summed E-state index contributed by atoms with van der Waals surface area (Å²) in [7, 11) is 0. The van der Waals surface area contributed by atoms with Crippen molar-refractivity contribution in [3.05, 3.63) is 59.1 Å². The summed E-state index contributed by atoms with van der Waals surface area (Å²) in [5.74, 6) is 0.718. The number of urea groups is 1. The molecule has 0 spiro atoms. The molecule has 7 heteroatoms. The fourth-order valence-corrected chi connectivity index (χ4v) is 2.41. The second kappa shape index (κ2) is 6.10. The van der Waals surface area contributed by atoms with E-state index in [1.807, 2.05) is 55.5 Å². The molecule has 0 bridgehead atoms. The lowest BCUT2D eigenvalue weighted by molar-refractivity contribution is 0.259. The van der Waals surface area contributed by atoms with Gasteiger partial charge in [0, 0.05) is 10.6 Å². The second-order valence-electron chi connectivity index (χ2n) is 4.91. The van der Waals surface area contributed by atoms with Crippen LogP contribution in [-0.2, 0) is 0 Å². The molecule has 1 aromatic heterocycles. The molecule has 0 aliphatic rings. The highest BCUT2D eigenvalue weighted by Gasteiger charge is 2.16. The van der Waals surface area contributed by atoms with E-state index in [9.17, 15) is 4.79 Å². The number of amides is 2. The zero-order chi connectivity index (χ0) is 16.4. The van der Waals surface area contributed by atoms with Gasteiger partial charge in [0.05, 0.1) is 5.69 Å². The molecule has 0 aliphatic heterocycles. The van der Waals surface area contributed by atoms with Crippen molar-refractivity contribution in [2.45, 2.75) is 6.92 Å². The highest BCUT2D eigenvalue weighted by molar-refractivity contribution is 6.31. The highest BCUT2D eigenvalue weighted by Crippen LogP contribution is 2.27. The predicted octanol–water partition coefficient (Wildman–Crippen LogP) is 3.39. The van der Waals surface area contributed by atoms with Crippen LogP contribution in [0.5, 0.6) is 0 Å². The number of primary amides is 1. The molecule has 0 unspecified atom stereocenters. The first-order valence-electron chi connectivity index (χ1n) is 6.90. The average Bonchev–Trinajstić information content (AvgIpc) is 2.93. The number of halogens is 1. The zero-order valence-electron chi connectivity index (χ0n) is 12.3. The van der Waals surface area contributed by atoms with Crippen molar-refractivity contribution in [3.63, 3.8) is 0 Å². The number of nitrogens with zero attached hydrogens (tertiary/aromatic N) is 3. The number of benzene rings is 2. The van der Waals surface area contributed by atoms with Gasteiger partial charge in [0.15, 0.2) is 5.82 Å². The van der Waals surface area contributed by atoms with Crippen LogP contribution in [0.2, 0.25) is 5.02 Å². The van der Waals surface area contributed by atoms with E-state index in [2.05, 4.69) is 15.4 Å². The Bertz CT molecular complexity index is 860. The minimum atomic E-state index is -0.718. The van der Waals surface area contributed by atoms with Crippen LogP contribution in [0.1, 0.15) is 5.56 Å². The van der Waals surface area contributed by atoms with Crippen molar-refractivity contribution in [2.24, 2.45) is 5.73 Å². The number of nitrogens with one attached hydrogen (secondary N) is 1. The Morgan fingerprint density at radius 3 is 2.61 bits per heavy atom. The van der Waals surface area contributed by atoms with Crippen LogP contribution in [0.3, 0.4) is 0 Å². The first kappa shape index (κ1) is 15.1. The fraction of sp³-hybridized carbons (Fsp3) is 0.0625. The number of carbonyl (C=O) groups is 1. The maximum absolute atomic E-state index is 11.1. The van der Waals surface area contributed by atoms with Crippen LogP contribution in [0.25, 0.3) is 17.1 Å². The van der Waals surface area contributed by atoms with Gasteiger partial charge in [0.2, 0.25) is 0 Å². The molecule has 0 saturated carbocycles. The van der Waals surface area contributed by atoms with Gasteiger partial charge in [0.25, 0.3) is 5.95 Å². The van der Waals surface area contributed by atoms with E-state index in [-0.39, 0.29) is 5.95 Å². The number of nitrogens with two attached hydrogens (primary N) is 1. The molecule has 0 fully saturated rings. The predicted molar refractivity (Wildman–Crippen MR) is 89.7 cm³/mol. The summed E-state index contributed by atoms with van der Waals surface area (Å²) in [4.78, 5) is 15.4. The molecule has 1 heterocycles. The molecule has 0 radical (unpaired) electrons. The highest BCUT2D eigenvalue weighted by atomic mass is 35.5. The number of aromatic nitrogens is 3. The molecular formula is C16H14ClN5O. The normalized spacial score (nSPS) is 10.5. The SMILES string of the molecule is Cc1c(Cl)cccc1-n1nc(NC(N)=O)nc1-c1ccccc1. The Kier molecular flexibility index (Phi) is 3.99. The van der Waals surface area contributed by atoms with Crippen molar-refractivity contribution >= 4 is 23.6 Å². The summed E-state index contributed by atoms with van der Waals surface area (Å²) in [5, 5.41) is 7.36. The van der Waals surface area contributed by atoms with Crippen molar-refractivity contribution in [3.8, 4) is 17.1 Å². The topological polar surface area (TPSA) is 85.8 Å². The van der Waals surface area contributed by atoms with Crippen molar-refractivity contribution < 1.29 is 4.79 Å². The maximum Gasteiger partial charge on any atom is 0.319 e. The third kappa shape index (κ3) is 3.02. The van der Waals surface area contributed by atoms with E-state index in [0.717, 1.165) is 16.8 Å². The smallest absolute Gasteiger partial charge is 0.319 e. The van der Waals surface area contributed by atoms with Crippen LogP contribution in [0.4, 0.5) is 10.7 Å². The van der Waals surface area contributed by atoms with Gasteiger partial charge in [-0.15, -0.1) is 5.10 Å². The van der Waals surface area contributed by atoms with Crippen LogP contribution in [0, 0.1) is 6.92 Å². The molecule has 2 amide bonds. The molecule has 2 aromatic carbocycles. The van der Waals surface area contributed by atoms with Crippen molar-refractivity contribution in [1.29, 1.82) is 0 Å². The van der Waals surface area contributed by atoms with Gasteiger partial charge in [-0.1, -0.05) is 48.0 Å². The van der Waals surface area contributed by atoms with Crippen LogP contribution in [-0.4, -0.2) is 20.8 Å². The molecular weight excluding hydrogens is 314 g/mol. The number of hydrogen-bond acceptors (Lipinski definition) is 3. The fourth-order valence-electron chi connectivity index (χ4n) is 2.24. The lowest BCUT2D eigenvalue weighted by Crippen LogP contribution is -2.20. The van der Waals surface area contributed by atoms with Gasteiger partial charge >= 0.3 is 6.03 Å². The Labute approximate surface area is 137 Å². The Morgan fingerprint density at radius 2 is 1.91 bits per heavy atom. The van der Waals surface area contributed by atoms with Gasteiger partial charge in [-0.2, -0.15) is 4.98 Å². The zero-order valence-corrected chi connectivity index (χ0v) is 13.1. The quantitative estimate of drug-likeness (QED) is 0.773. The van der Waals surface area contributed by atoms with Gasteiger partial charge < -0.3 is 5.73 Å². The third-order valence-corrected chi connectivity index (χ3v) is 3.75. The first-order valence-corrected chi connectivity index (χ1v) is 7.28.